The molecule has 0 saturated carbocycles. The van der Waals surface area contributed by atoms with E-state index in [1.807, 2.05) is 78.9 Å². The summed E-state index contributed by atoms with van der Waals surface area (Å²) in [5.41, 5.74) is 3.48. The van der Waals surface area contributed by atoms with Gasteiger partial charge < -0.3 is 4.98 Å². The third-order valence-electron chi connectivity index (χ3n) is 4.06. The summed E-state index contributed by atoms with van der Waals surface area (Å²) in [7, 11) is 0. The minimum Gasteiger partial charge on any atom is -0.321 e. The molecule has 0 radical (unpaired) electrons. The van der Waals surface area contributed by atoms with Gasteiger partial charge in [0.15, 0.2) is 0 Å². The Hall–Kier alpha value is -3.13. The molecule has 0 atom stereocenters. The Morgan fingerprint density at radius 1 is 0.565 bits per heavy atom. The van der Waals surface area contributed by atoms with Gasteiger partial charge in [0.2, 0.25) is 0 Å². The zero-order chi connectivity index (χ0) is 15.6. The first-order valence-electron chi connectivity index (χ1n) is 7.60. The molecule has 0 aliphatic rings. The molecule has 2 heteroatoms. The molecule has 23 heavy (non-hydrogen) atoms. The van der Waals surface area contributed by atoms with Crippen molar-refractivity contribution < 1.29 is 0 Å². The van der Waals surface area contributed by atoms with Crippen LogP contribution in [0.3, 0.4) is 0 Å². The van der Waals surface area contributed by atoms with Gasteiger partial charge in [-0.05, 0) is 16.5 Å². The van der Waals surface area contributed by atoms with Crippen LogP contribution in [0.4, 0.5) is 0 Å². The topological polar surface area (TPSA) is 32.9 Å². The summed E-state index contributed by atoms with van der Waals surface area (Å²) < 4.78 is 0. The van der Waals surface area contributed by atoms with Gasteiger partial charge >= 0.3 is 0 Å². The minimum atomic E-state index is -0.0613. The maximum Gasteiger partial charge on any atom is 0.256 e. The number of benzene rings is 3. The fraction of sp³-hybridized carbons (Fsp3) is 0. The molecular formula is C21H15NO. The van der Waals surface area contributed by atoms with Crippen molar-refractivity contribution in [3.63, 3.8) is 0 Å². The summed E-state index contributed by atoms with van der Waals surface area (Å²) in [6.45, 7) is 0. The highest BCUT2D eigenvalue weighted by Gasteiger charge is 2.13. The molecule has 0 spiro atoms. The van der Waals surface area contributed by atoms with E-state index in [4.69, 9.17) is 0 Å². The molecule has 3 aromatic carbocycles. The van der Waals surface area contributed by atoms with Crippen LogP contribution in [-0.2, 0) is 0 Å². The van der Waals surface area contributed by atoms with Crippen LogP contribution >= 0.6 is 0 Å². The third-order valence-corrected chi connectivity index (χ3v) is 4.06. The molecule has 4 rings (SSSR count). The lowest BCUT2D eigenvalue weighted by Crippen LogP contribution is -2.11. The molecule has 2 nitrogen and oxygen atoms in total. The van der Waals surface area contributed by atoms with E-state index in [-0.39, 0.29) is 5.56 Å². The van der Waals surface area contributed by atoms with Gasteiger partial charge in [0.05, 0.1) is 11.3 Å². The summed E-state index contributed by atoms with van der Waals surface area (Å²) in [5.74, 6) is 0. The highest BCUT2D eigenvalue weighted by atomic mass is 16.1. The molecule has 0 saturated heterocycles. The summed E-state index contributed by atoms with van der Waals surface area (Å²) in [6.07, 6.45) is 0. The molecule has 0 aliphatic carbocycles. The van der Waals surface area contributed by atoms with Crippen LogP contribution in [0.2, 0.25) is 0 Å². The van der Waals surface area contributed by atoms with E-state index in [0.717, 1.165) is 33.2 Å². The van der Waals surface area contributed by atoms with E-state index in [9.17, 15) is 4.79 Å². The van der Waals surface area contributed by atoms with Crippen molar-refractivity contribution in [2.45, 2.75) is 0 Å². The summed E-state index contributed by atoms with van der Waals surface area (Å²) in [5, 5.41) is 2.03. The average molecular weight is 297 g/mol. The molecular weight excluding hydrogens is 282 g/mol. The van der Waals surface area contributed by atoms with Crippen molar-refractivity contribution in [3.8, 4) is 22.4 Å². The van der Waals surface area contributed by atoms with Gasteiger partial charge in [0.25, 0.3) is 5.56 Å². The number of hydrogen-bond acceptors (Lipinski definition) is 1. The predicted molar refractivity (Wildman–Crippen MR) is 95.4 cm³/mol. The second kappa shape index (κ2) is 5.58. The lowest BCUT2D eigenvalue weighted by Gasteiger charge is -2.11. The number of pyridine rings is 1. The zero-order valence-corrected chi connectivity index (χ0v) is 12.5. The lowest BCUT2D eigenvalue weighted by molar-refractivity contribution is 1.27. The summed E-state index contributed by atoms with van der Waals surface area (Å²) >= 11 is 0. The molecule has 1 N–H and O–H groups in total. The van der Waals surface area contributed by atoms with E-state index in [1.165, 1.54) is 0 Å². The van der Waals surface area contributed by atoms with Crippen LogP contribution in [0.5, 0.6) is 0 Å². The van der Waals surface area contributed by atoms with E-state index in [2.05, 4.69) is 11.1 Å². The fourth-order valence-electron chi connectivity index (χ4n) is 3.01. The Bertz CT molecular complexity index is 1020. The van der Waals surface area contributed by atoms with Gasteiger partial charge in [-0.25, -0.2) is 0 Å². The molecule has 0 aliphatic heterocycles. The first kappa shape index (κ1) is 13.5. The molecule has 4 aromatic rings. The van der Waals surface area contributed by atoms with E-state index >= 15 is 0 Å². The largest absolute Gasteiger partial charge is 0.321 e. The number of rotatable bonds is 2. The van der Waals surface area contributed by atoms with Gasteiger partial charge in [0.1, 0.15) is 0 Å². The lowest BCUT2D eigenvalue weighted by atomic mass is 9.97. The van der Waals surface area contributed by atoms with Crippen LogP contribution in [0.15, 0.2) is 89.7 Å². The van der Waals surface area contributed by atoms with Gasteiger partial charge in [-0.1, -0.05) is 84.9 Å². The molecule has 1 aromatic heterocycles. The first-order chi connectivity index (χ1) is 11.3. The number of aromatic amines is 1. The monoisotopic (exact) mass is 297 g/mol. The molecule has 0 bridgehead atoms. The zero-order valence-electron chi connectivity index (χ0n) is 12.5. The second-order valence-electron chi connectivity index (χ2n) is 5.48. The smallest absolute Gasteiger partial charge is 0.256 e. The molecule has 0 unspecified atom stereocenters. The maximum absolute atomic E-state index is 12.8. The second-order valence-corrected chi connectivity index (χ2v) is 5.48. The maximum atomic E-state index is 12.8. The highest BCUT2D eigenvalue weighted by molar-refractivity contribution is 6.02. The Labute approximate surface area is 134 Å². The predicted octanol–water partition coefficient (Wildman–Crippen LogP) is 4.86. The Balaban J connectivity index is 2.10. The van der Waals surface area contributed by atoms with Crippen LogP contribution in [-0.4, -0.2) is 4.98 Å². The van der Waals surface area contributed by atoms with Gasteiger partial charge in [-0.15, -0.1) is 0 Å². The average Bonchev–Trinajstić information content (AvgIpc) is 2.62. The highest BCUT2D eigenvalue weighted by Crippen LogP contribution is 2.31. The van der Waals surface area contributed by atoms with Crippen LogP contribution in [0.25, 0.3) is 33.2 Å². The van der Waals surface area contributed by atoms with Crippen LogP contribution < -0.4 is 5.56 Å². The normalized spacial score (nSPS) is 10.8. The van der Waals surface area contributed by atoms with E-state index < -0.39 is 0 Å². The fourth-order valence-corrected chi connectivity index (χ4v) is 3.01. The van der Waals surface area contributed by atoms with Crippen molar-refractivity contribution in [1.29, 1.82) is 0 Å². The van der Waals surface area contributed by atoms with E-state index in [0.29, 0.717) is 0 Å². The molecule has 0 amide bonds. The Morgan fingerprint density at radius 2 is 1.09 bits per heavy atom. The standard InChI is InChI=1S/C21H15NO/c23-21-19(15-9-3-1-4-10-15)17-13-7-8-14-18(17)20(22-21)16-11-5-2-6-12-16/h1-14H,(H,22,23). The van der Waals surface area contributed by atoms with Crippen molar-refractivity contribution in [2.75, 3.05) is 0 Å². The van der Waals surface area contributed by atoms with Crippen molar-refractivity contribution >= 4 is 10.8 Å². The summed E-state index contributed by atoms with van der Waals surface area (Å²) in [6, 6.07) is 27.8. The van der Waals surface area contributed by atoms with Gasteiger partial charge in [-0.2, -0.15) is 0 Å². The number of aromatic nitrogens is 1. The quantitative estimate of drug-likeness (QED) is 0.563. The first-order valence-corrected chi connectivity index (χ1v) is 7.60. The SMILES string of the molecule is O=c1[nH]c(-c2ccccc2)c2ccccc2c1-c1ccccc1. The number of fused-ring (bicyclic) bond motifs is 1. The Morgan fingerprint density at radius 3 is 1.74 bits per heavy atom. The van der Waals surface area contributed by atoms with Crippen molar-refractivity contribution in [1.82, 2.24) is 4.98 Å². The van der Waals surface area contributed by atoms with Crippen LogP contribution in [0.1, 0.15) is 0 Å². The third kappa shape index (κ3) is 2.34. The minimum absolute atomic E-state index is 0.0613. The molecule has 110 valence electrons. The Kier molecular flexibility index (Phi) is 3.28. The van der Waals surface area contributed by atoms with Gasteiger partial charge in [-0.3, -0.25) is 4.79 Å². The molecule has 0 fully saturated rings. The van der Waals surface area contributed by atoms with Crippen LogP contribution in [0, 0.1) is 0 Å². The number of H-pyrrole nitrogens is 1. The van der Waals surface area contributed by atoms with Crippen molar-refractivity contribution in [3.05, 3.63) is 95.3 Å². The van der Waals surface area contributed by atoms with E-state index in [1.54, 1.807) is 0 Å². The van der Waals surface area contributed by atoms with Gasteiger partial charge in [0, 0.05) is 5.39 Å². The van der Waals surface area contributed by atoms with Crippen molar-refractivity contribution in [2.24, 2.45) is 0 Å². The molecule has 1 heterocycles. The summed E-state index contributed by atoms with van der Waals surface area (Å²) in [4.78, 5) is 15.9. The number of hydrogen-bond donors (Lipinski definition) is 1. The number of nitrogens with one attached hydrogen (secondary N) is 1.